The fourth-order valence-electron chi connectivity index (χ4n) is 3.57. The Morgan fingerprint density at radius 2 is 1.86 bits per heavy atom. The highest BCUT2D eigenvalue weighted by Gasteiger charge is 2.21. The number of ether oxygens (including phenoxy) is 2. The van der Waals surface area contributed by atoms with Gasteiger partial charge < -0.3 is 30.0 Å². The second kappa shape index (κ2) is 10.1. The Hall–Kier alpha value is -3.41. The molecule has 0 radical (unpaired) electrons. The first kappa shape index (κ1) is 24.7. The molecule has 0 saturated carbocycles. The molecule has 186 valence electrons. The van der Waals surface area contributed by atoms with E-state index in [2.05, 4.69) is 20.3 Å². The molecule has 3 aromatic rings. The first-order chi connectivity index (χ1) is 16.6. The van der Waals surface area contributed by atoms with E-state index in [0.29, 0.717) is 18.0 Å². The van der Waals surface area contributed by atoms with Gasteiger partial charge in [0.1, 0.15) is 17.6 Å². The highest BCUT2D eigenvalue weighted by atomic mass is 32.2. The number of benzene rings is 1. The van der Waals surface area contributed by atoms with E-state index in [1.807, 2.05) is 24.3 Å². The fourth-order valence-corrected chi connectivity index (χ4v) is 4.06. The molecule has 0 aliphatic carbocycles. The fraction of sp³-hybridized carbons (Fsp3) is 0.333. The molecule has 1 aliphatic rings. The number of sulfone groups is 1. The molecule has 1 aromatic carbocycles. The van der Waals surface area contributed by atoms with Gasteiger partial charge in [-0.2, -0.15) is 0 Å². The van der Waals surface area contributed by atoms with Crippen molar-refractivity contribution in [1.29, 1.82) is 0 Å². The number of rotatable bonds is 9. The third-order valence-corrected chi connectivity index (χ3v) is 6.47. The standard InChI is InChI=1S/C24H28N4O6S/c1-14(13-29)33-18-6-16(20-4-5-21(28-20)22-8-17(10-25-22)15(2)30)7-19(9-18)34-23-11-27-24(12-26-23)35(3,31)32/h4-9,11-12,14-15,17,25,28-30H,10,13H2,1-3H3/t14-,15-,17-/m0/s1. The quantitative estimate of drug-likeness (QED) is 0.348. The molecule has 1 aliphatic heterocycles. The molecule has 35 heavy (non-hydrogen) atoms. The normalized spacial score (nSPS) is 17.4. The van der Waals surface area contributed by atoms with E-state index < -0.39 is 22.0 Å². The van der Waals surface area contributed by atoms with Crippen LogP contribution in [-0.2, 0) is 9.84 Å². The van der Waals surface area contributed by atoms with Gasteiger partial charge in [0.2, 0.25) is 5.88 Å². The van der Waals surface area contributed by atoms with Crippen LogP contribution >= 0.6 is 0 Å². The number of aliphatic hydroxyl groups is 2. The largest absolute Gasteiger partial charge is 0.488 e. The summed E-state index contributed by atoms with van der Waals surface area (Å²) in [7, 11) is -3.47. The molecule has 0 spiro atoms. The van der Waals surface area contributed by atoms with Gasteiger partial charge in [-0.05, 0) is 38.1 Å². The lowest BCUT2D eigenvalue weighted by molar-refractivity contribution is 0.129. The van der Waals surface area contributed by atoms with Gasteiger partial charge in [0.05, 0.1) is 36.5 Å². The molecule has 0 fully saturated rings. The average molecular weight is 501 g/mol. The Kier molecular flexibility index (Phi) is 7.10. The van der Waals surface area contributed by atoms with Gasteiger partial charge in [-0.25, -0.2) is 18.4 Å². The lowest BCUT2D eigenvalue weighted by Gasteiger charge is -2.15. The molecule has 0 amide bonds. The zero-order chi connectivity index (χ0) is 25.2. The molecule has 11 heteroatoms. The SMILES string of the molecule is C[C@H](O)[C@H]1C=C(c2ccc(-c3cc(Oc4cnc(S(C)(=O)=O)cn4)cc(O[C@@H](C)CO)c3)[nH]2)NC1. The van der Waals surface area contributed by atoms with Gasteiger partial charge in [-0.1, -0.05) is 6.08 Å². The molecule has 0 bridgehead atoms. The predicted octanol–water partition coefficient (Wildman–Crippen LogP) is 2.37. The van der Waals surface area contributed by atoms with Crippen molar-refractivity contribution in [2.24, 2.45) is 5.92 Å². The van der Waals surface area contributed by atoms with Crippen LogP contribution in [0.15, 0.2) is 53.8 Å². The summed E-state index contributed by atoms with van der Waals surface area (Å²) in [6, 6.07) is 9.13. The number of nitrogens with zero attached hydrogens (tertiary/aromatic N) is 2. The lowest BCUT2D eigenvalue weighted by atomic mass is 10.1. The Balaban J connectivity index is 1.63. The number of aromatic nitrogens is 3. The van der Waals surface area contributed by atoms with Gasteiger partial charge in [-0.3, -0.25) is 0 Å². The van der Waals surface area contributed by atoms with E-state index in [1.165, 1.54) is 6.20 Å². The van der Waals surface area contributed by atoms with E-state index in [-0.39, 0.29) is 23.4 Å². The monoisotopic (exact) mass is 500 g/mol. The van der Waals surface area contributed by atoms with Crippen molar-refractivity contribution in [3.05, 3.63) is 54.5 Å². The number of aliphatic hydroxyl groups excluding tert-OH is 2. The van der Waals surface area contributed by atoms with Crippen LogP contribution in [0.5, 0.6) is 17.4 Å². The third kappa shape index (κ3) is 5.99. The molecule has 0 saturated heterocycles. The van der Waals surface area contributed by atoms with Crippen molar-refractivity contribution in [2.75, 3.05) is 19.4 Å². The summed E-state index contributed by atoms with van der Waals surface area (Å²) >= 11 is 0. The number of hydrogen-bond acceptors (Lipinski definition) is 9. The van der Waals surface area contributed by atoms with Gasteiger partial charge in [0.15, 0.2) is 14.9 Å². The second-order valence-corrected chi connectivity index (χ2v) is 10.5. The summed E-state index contributed by atoms with van der Waals surface area (Å²) in [5, 5.41) is 22.4. The topological polar surface area (TPSA) is 147 Å². The number of nitrogens with one attached hydrogen (secondary N) is 2. The maximum Gasteiger partial charge on any atom is 0.237 e. The van der Waals surface area contributed by atoms with Crippen LogP contribution in [0, 0.1) is 5.92 Å². The van der Waals surface area contributed by atoms with Crippen LogP contribution in [-0.4, -0.2) is 65.2 Å². The minimum Gasteiger partial charge on any atom is -0.488 e. The van der Waals surface area contributed by atoms with Crippen LogP contribution in [0.25, 0.3) is 17.0 Å². The summed E-state index contributed by atoms with van der Waals surface area (Å²) < 4.78 is 34.9. The second-order valence-electron chi connectivity index (χ2n) is 8.52. The first-order valence-corrected chi connectivity index (χ1v) is 13.0. The van der Waals surface area contributed by atoms with E-state index >= 15 is 0 Å². The average Bonchev–Trinajstić information content (AvgIpc) is 3.49. The lowest BCUT2D eigenvalue weighted by Crippen LogP contribution is -2.20. The Morgan fingerprint density at radius 1 is 1.11 bits per heavy atom. The summed E-state index contributed by atoms with van der Waals surface area (Å²) in [5.74, 6) is 1.03. The maximum absolute atomic E-state index is 11.6. The van der Waals surface area contributed by atoms with Crippen LogP contribution in [0.4, 0.5) is 0 Å². The molecule has 4 rings (SSSR count). The minimum absolute atomic E-state index is 0.0450. The van der Waals surface area contributed by atoms with Crippen molar-refractivity contribution in [1.82, 2.24) is 20.3 Å². The van der Waals surface area contributed by atoms with Gasteiger partial charge in [-0.15, -0.1) is 0 Å². The molecular formula is C24H28N4O6S. The maximum atomic E-state index is 11.6. The molecule has 3 heterocycles. The first-order valence-electron chi connectivity index (χ1n) is 11.1. The summed E-state index contributed by atoms with van der Waals surface area (Å²) in [6.45, 7) is 4.02. The van der Waals surface area contributed by atoms with E-state index in [4.69, 9.17) is 9.47 Å². The van der Waals surface area contributed by atoms with Crippen molar-refractivity contribution >= 4 is 15.5 Å². The van der Waals surface area contributed by atoms with Crippen molar-refractivity contribution in [2.45, 2.75) is 31.1 Å². The van der Waals surface area contributed by atoms with Gasteiger partial charge in [0.25, 0.3) is 0 Å². The zero-order valence-corrected chi connectivity index (χ0v) is 20.4. The Morgan fingerprint density at radius 3 is 2.49 bits per heavy atom. The highest BCUT2D eigenvalue weighted by molar-refractivity contribution is 7.90. The smallest absolute Gasteiger partial charge is 0.237 e. The van der Waals surface area contributed by atoms with Crippen LogP contribution in [0.3, 0.4) is 0 Å². The van der Waals surface area contributed by atoms with Crippen molar-refractivity contribution in [3.63, 3.8) is 0 Å². The molecule has 10 nitrogen and oxygen atoms in total. The number of H-pyrrole nitrogens is 1. The van der Waals surface area contributed by atoms with Gasteiger partial charge >= 0.3 is 0 Å². The summed E-state index contributed by atoms with van der Waals surface area (Å²) in [5.41, 5.74) is 3.36. The Labute approximate surface area is 203 Å². The number of hydrogen-bond donors (Lipinski definition) is 4. The van der Waals surface area contributed by atoms with Gasteiger partial charge in [0, 0.05) is 36.0 Å². The van der Waals surface area contributed by atoms with Crippen molar-refractivity contribution in [3.8, 4) is 28.6 Å². The zero-order valence-electron chi connectivity index (χ0n) is 19.6. The van der Waals surface area contributed by atoms with E-state index in [0.717, 1.165) is 35.1 Å². The summed E-state index contributed by atoms with van der Waals surface area (Å²) in [6.07, 6.45) is 4.57. The molecular weight excluding hydrogens is 472 g/mol. The van der Waals surface area contributed by atoms with Crippen LogP contribution < -0.4 is 14.8 Å². The van der Waals surface area contributed by atoms with Crippen LogP contribution in [0.2, 0.25) is 0 Å². The minimum atomic E-state index is -3.47. The molecule has 0 unspecified atom stereocenters. The molecule has 4 N–H and O–H groups in total. The van der Waals surface area contributed by atoms with E-state index in [1.54, 1.807) is 26.0 Å². The molecule has 3 atom stereocenters. The summed E-state index contributed by atoms with van der Waals surface area (Å²) in [4.78, 5) is 11.3. The van der Waals surface area contributed by atoms with Crippen LogP contribution in [0.1, 0.15) is 19.5 Å². The predicted molar refractivity (Wildman–Crippen MR) is 130 cm³/mol. The third-order valence-electron chi connectivity index (χ3n) is 5.50. The molecule has 2 aromatic heterocycles. The van der Waals surface area contributed by atoms with E-state index in [9.17, 15) is 18.6 Å². The Bertz CT molecular complexity index is 1320. The highest BCUT2D eigenvalue weighted by Crippen LogP contribution is 2.33. The van der Waals surface area contributed by atoms with Crippen molar-refractivity contribution < 1.29 is 28.1 Å². The number of aromatic amines is 1.